The summed E-state index contributed by atoms with van der Waals surface area (Å²) in [6, 6.07) is 3.01. The van der Waals surface area contributed by atoms with Gasteiger partial charge < -0.3 is 17.7 Å². The minimum absolute atomic E-state index is 0. The van der Waals surface area contributed by atoms with Gasteiger partial charge in [0.15, 0.2) is 0 Å². The van der Waals surface area contributed by atoms with E-state index < -0.39 is 8.07 Å². The maximum Gasteiger partial charge on any atom is 0.0486 e. The monoisotopic (exact) mass is 178 g/mol. The predicted octanol–water partition coefficient (Wildman–Crippen LogP) is -1.31. The van der Waals surface area contributed by atoms with Crippen molar-refractivity contribution in [3.05, 3.63) is 0 Å². The summed E-state index contributed by atoms with van der Waals surface area (Å²) in [5, 5.41) is 3.44. The van der Waals surface area contributed by atoms with Gasteiger partial charge >= 0.3 is 0 Å². The smallest absolute Gasteiger partial charge is 0.0486 e. The Morgan fingerprint density at radius 2 is 1.80 bits per heavy atom. The van der Waals surface area contributed by atoms with E-state index in [0.717, 1.165) is 0 Å². The molecule has 0 aliphatic carbocycles. The molecular formula is C7H17ClNSi-. The fourth-order valence-corrected chi connectivity index (χ4v) is 3.61. The highest BCUT2D eigenvalue weighted by atomic mass is 35.5. The van der Waals surface area contributed by atoms with Crippen LogP contribution in [-0.2, 0) is 0 Å². The first-order valence-electron chi connectivity index (χ1n) is 3.91. The molecule has 0 aromatic carbocycles. The van der Waals surface area contributed by atoms with E-state index in [2.05, 4.69) is 18.4 Å². The molecule has 1 fully saturated rings. The lowest BCUT2D eigenvalue weighted by Crippen LogP contribution is -3.00. The van der Waals surface area contributed by atoms with Crippen molar-refractivity contribution in [2.45, 2.75) is 31.6 Å². The van der Waals surface area contributed by atoms with Crippen molar-refractivity contribution < 1.29 is 12.4 Å². The minimum Gasteiger partial charge on any atom is -1.00 e. The number of hydrogen-bond acceptors (Lipinski definition) is 1. The maximum absolute atomic E-state index is 3.44. The van der Waals surface area contributed by atoms with Crippen LogP contribution in [0.3, 0.4) is 0 Å². The van der Waals surface area contributed by atoms with Gasteiger partial charge in [0, 0.05) is 8.07 Å². The molecule has 1 nitrogen and oxygen atoms in total. The van der Waals surface area contributed by atoms with E-state index in [1.807, 2.05) is 0 Å². The van der Waals surface area contributed by atoms with E-state index in [1.165, 1.54) is 31.6 Å². The van der Waals surface area contributed by atoms with Crippen LogP contribution in [0.2, 0.25) is 25.2 Å². The molecule has 3 heteroatoms. The Morgan fingerprint density at radius 3 is 2.50 bits per heavy atom. The topological polar surface area (TPSA) is 12.0 Å². The van der Waals surface area contributed by atoms with Crippen LogP contribution in [0.4, 0.5) is 0 Å². The van der Waals surface area contributed by atoms with Crippen LogP contribution in [0.1, 0.15) is 6.42 Å². The molecule has 0 saturated carbocycles. The first-order valence-corrected chi connectivity index (χ1v) is 7.33. The van der Waals surface area contributed by atoms with Gasteiger partial charge in [-0.3, -0.25) is 0 Å². The van der Waals surface area contributed by atoms with Crippen molar-refractivity contribution in [3.63, 3.8) is 0 Å². The molecule has 1 saturated heterocycles. The highest BCUT2D eigenvalue weighted by molar-refractivity contribution is 6.77. The molecular weight excluding hydrogens is 162 g/mol. The van der Waals surface area contributed by atoms with Crippen LogP contribution in [0.15, 0.2) is 0 Å². The number of halogens is 1. The maximum atomic E-state index is 3.44. The Bertz CT molecular complexity index is 85.6. The van der Waals surface area contributed by atoms with Crippen LogP contribution < -0.4 is 17.7 Å². The first-order chi connectivity index (χ1) is 4.21. The Labute approximate surface area is 71.0 Å². The standard InChI is InChI=1S/C7H17NSi.ClH/c1-9(2)6-3-4-8-5-7-9;/h8H,3-7H2,1-2H3;1H/p-1. The van der Waals surface area contributed by atoms with Gasteiger partial charge in [0.25, 0.3) is 0 Å². The lowest BCUT2D eigenvalue weighted by Gasteiger charge is -2.17. The molecule has 0 radical (unpaired) electrons. The summed E-state index contributed by atoms with van der Waals surface area (Å²) < 4.78 is 0. The van der Waals surface area contributed by atoms with Crippen molar-refractivity contribution >= 4 is 8.07 Å². The Kier molecular flexibility index (Phi) is 4.57. The molecule has 1 aliphatic heterocycles. The molecule has 1 rings (SSSR count). The molecule has 62 valence electrons. The zero-order valence-electron chi connectivity index (χ0n) is 6.91. The fraction of sp³-hybridized carbons (Fsp3) is 1.00. The summed E-state index contributed by atoms with van der Waals surface area (Å²) in [5.74, 6) is 0. The third-order valence-electron chi connectivity index (χ3n) is 2.19. The zero-order valence-corrected chi connectivity index (χ0v) is 8.67. The quantitative estimate of drug-likeness (QED) is 0.455. The average Bonchev–Trinajstić information content (AvgIpc) is 1.92. The third kappa shape index (κ3) is 3.59. The first kappa shape index (κ1) is 10.5. The highest BCUT2D eigenvalue weighted by Gasteiger charge is 2.20. The molecule has 0 aromatic rings. The molecule has 0 unspecified atom stereocenters. The molecule has 1 N–H and O–H groups in total. The van der Waals surface area contributed by atoms with Crippen molar-refractivity contribution in [1.29, 1.82) is 0 Å². The third-order valence-corrected chi connectivity index (χ3v) is 5.50. The lowest BCUT2D eigenvalue weighted by molar-refractivity contribution is -0.00000222. The number of rotatable bonds is 0. The van der Waals surface area contributed by atoms with E-state index in [1.54, 1.807) is 0 Å². The minimum atomic E-state index is -0.703. The van der Waals surface area contributed by atoms with Gasteiger partial charge in [-0.2, -0.15) is 0 Å². The van der Waals surface area contributed by atoms with Crippen molar-refractivity contribution in [2.75, 3.05) is 13.1 Å². The molecule has 1 heterocycles. The summed E-state index contributed by atoms with van der Waals surface area (Å²) in [7, 11) is -0.703. The average molecular weight is 179 g/mol. The molecule has 0 aromatic heterocycles. The van der Waals surface area contributed by atoms with Crippen LogP contribution >= 0.6 is 0 Å². The molecule has 1 aliphatic rings. The van der Waals surface area contributed by atoms with Crippen LogP contribution in [-0.4, -0.2) is 21.2 Å². The van der Waals surface area contributed by atoms with E-state index in [0.29, 0.717) is 0 Å². The normalized spacial score (nSPS) is 24.6. The Balaban J connectivity index is 0.000000810. The molecule has 0 amide bonds. The number of hydrogen-bond donors (Lipinski definition) is 1. The second kappa shape index (κ2) is 4.37. The SMILES string of the molecule is C[Si]1(C)CCCNCC1.[Cl-]. The van der Waals surface area contributed by atoms with E-state index >= 15 is 0 Å². The molecule has 0 atom stereocenters. The summed E-state index contributed by atoms with van der Waals surface area (Å²) in [4.78, 5) is 0. The Hall–Kier alpha value is 0.467. The summed E-state index contributed by atoms with van der Waals surface area (Å²) in [6.07, 6.45) is 1.42. The van der Waals surface area contributed by atoms with Gasteiger partial charge in [-0.15, -0.1) is 0 Å². The molecule has 10 heavy (non-hydrogen) atoms. The predicted molar refractivity (Wildman–Crippen MR) is 44.6 cm³/mol. The number of nitrogens with one attached hydrogen (secondary N) is 1. The van der Waals surface area contributed by atoms with Gasteiger partial charge in [-0.1, -0.05) is 19.1 Å². The van der Waals surface area contributed by atoms with Crippen LogP contribution in [0.5, 0.6) is 0 Å². The second-order valence-electron chi connectivity index (χ2n) is 3.77. The second-order valence-corrected chi connectivity index (χ2v) is 9.10. The van der Waals surface area contributed by atoms with Gasteiger partial charge in [-0.05, 0) is 25.6 Å². The van der Waals surface area contributed by atoms with Gasteiger partial charge in [0.2, 0.25) is 0 Å². The highest BCUT2D eigenvalue weighted by Crippen LogP contribution is 2.18. The summed E-state index contributed by atoms with van der Waals surface area (Å²) in [5.41, 5.74) is 0. The summed E-state index contributed by atoms with van der Waals surface area (Å²) in [6.45, 7) is 7.54. The fourth-order valence-electron chi connectivity index (χ4n) is 1.37. The van der Waals surface area contributed by atoms with Crippen LogP contribution in [0.25, 0.3) is 0 Å². The van der Waals surface area contributed by atoms with E-state index in [-0.39, 0.29) is 12.4 Å². The van der Waals surface area contributed by atoms with Gasteiger partial charge in [-0.25, -0.2) is 0 Å². The van der Waals surface area contributed by atoms with Crippen LogP contribution in [0, 0.1) is 0 Å². The van der Waals surface area contributed by atoms with Crippen molar-refractivity contribution in [1.82, 2.24) is 5.32 Å². The largest absolute Gasteiger partial charge is 1.00 e. The summed E-state index contributed by atoms with van der Waals surface area (Å²) >= 11 is 0. The van der Waals surface area contributed by atoms with E-state index in [4.69, 9.17) is 0 Å². The Morgan fingerprint density at radius 1 is 1.10 bits per heavy atom. The zero-order chi connectivity index (χ0) is 6.74. The lowest BCUT2D eigenvalue weighted by atomic mass is 10.5. The molecule has 0 bridgehead atoms. The molecule has 0 spiro atoms. The van der Waals surface area contributed by atoms with Crippen molar-refractivity contribution in [2.24, 2.45) is 0 Å². The van der Waals surface area contributed by atoms with Gasteiger partial charge in [0.1, 0.15) is 0 Å². The van der Waals surface area contributed by atoms with Crippen molar-refractivity contribution in [3.8, 4) is 0 Å². The van der Waals surface area contributed by atoms with Gasteiger partial charge in [0.05, 0.1) is 0 Å². The van der Waals surface area contributed by atoms with E-state index in [9.17, 15) is 0 Å².